The summed E-state index contributed by atoms with van der Waals surface area (Å²) in [6.07, 6.45) is 0. The monoisotopic (exact) mass is 426 g/mol. The number of amides is 1. The molecular weight excluding hydrogens is 404 g/mol. The molecule has 8 nitrogen and oxygen atoms in total. The Labute approximate surface area is 171 Å². The molecule has 1 aromatic rings. The first-order valence-corrected chi connectivity index (χ1v) is 10.9. The predicted molar refractivity (Wildman–Crippen MR) is 107 cm³/mol. The van der Waals surface area contributed by atoms with Crippen molar-refractivity contribution in [2.24, 2.45) is 5.92 Å². The molecule has 10 heteroatoms. The number of nitrogens with zero attached hydrogens (tertiary/aromatic N) is 2. The standard InChI is InChI=1S/C18H22N2O6S2/c1-4-27-17-13(19-14(21)12(15(19)28-17)18(2,3)23)16(22)26-9-10-5-7-11(8-6-10)20(24)25/h5-8,12-13,15,17,23H,4,9H2,1-3H3/t12?,13?,15-,17?/m1/s1. The van der Waals surface area contributed by atoms with Gasteiger partial charge in [-0.15, -0.1) is 23.5 Å². The van der Waals surface area contributed by atoms with Crippen LogP contribution in [-0.2, 0) is 20.9 Å². The second kappa shape index (κ2) is 7.92. The molecule has 4 atom stereocenters. The van der Waals surface area contributed by atoms with Crippen LogP contribution in [0.2, 0.25) is 0 Å². The molecule has 2 heterocycles. The summed E-state index contributed by atoms with van der Waals surface area (Å²) in [7, 11) is 0. The number of non-ortho nitro benzene ring substituents is 1. The number of fused-ring (bicyclic) bond motifs is 1. The SMILES string of the molecule is CCSC1S[C@@H]2C(C(C)(C)O)C(=O)N2C1C(=O)OCc1ccc([N+](=O)[O-])cc1. The third-order valence-corrected chi connectivity index (χ3v) is 7.74. The highest BCUT2D eigenvalue weighted by Crippen LogP contribution is 2.53. The fourth-order valence-electron chi connectivity index (χ4n) is 3.39. The number of carbonyl (C=O) groups is 2. The van der Waals surface area contributed by atoms with Crippen LogP contribution in [0.1, 0.15) is 26.3 Å². The summed E-state index contributed by atoms with van der Waals surface area (Å²) in [5.41, 5.74) is -0.553. The highest BCUT2D eigenvalue weighted by Gasteiger charge is 2.64. The van der Waals surface area contributed by atoms with Gasteiger partial charge < -0.3 is 14.7 Å². The van der Waals surface area contributed by atoms with Gasteiger partial charge in [-0.1, -0.05) is 6.92 Å². The molecule has 2 saturated heterocycles. The molecule has 2 fully saturated rings. The van der Waals surface area contributed by atoms with E-state index in [1.54, 1.807) is 25.6 Å². The van der Waals surface area contributed by atoms with Crippen LogP contribution in [0.25, 0.3) is 0 Å². The van der Waals surface area contributed by atoms with Crippen molar-refractivity contribution in [3.05, 3.63) is 39.9 Å². The molecule has 2 aliphatic rings. The largest absolute Gasteiger partial charge is 0.459 e. The van der Waals surface area contributed by atoms with Crippen molar-refractivity contribution in [1.29, 1.82) is 0 Å². The lowest BCUT2D eigenvalue weighted by atomic mass is 9.82. The molecule has 0 radical (unpaired) electrons. The number of aliphatic hydroxyl groups is 1. The average Bonchev–Trinajstić information content (AvgIpc) is 2.93. The Bertz CT molecular complexity index is 779. The molecule has 1 N–H and O–H groups in total. The molecule has 1 aromatic carbocycles. The van der Waals surface area contributed by atoms with Gasteiger partial charge in [-0.3, -0.25) is 14.9 Å². The maximum atomic E-state index is 12.8. The number of nitro benzene ring substituents is 1. The van der Waals surface area contributed by atoms with Crippen molar-refractivity contribution in [3.8, 4) is 0 Å². The van der Waals surface area contributed by atoms with E-state index in [0.717, 1.165) is 5.75 Å². The minimum atomic E-state index is -1.15. The molecule has 152 valence electrons. The summed E-state index contributed by atoms with van der Waals surface area (Å²) in [4.78, 5) is 37.1. The zero-order valence-corrected chi connectivity index (χ0v) is 17.4. The number of benzene rings is 1. The van der Waals surface area contributed by atoms with Crippen LogP contribution in [0.5, 0.6) is 0 Å². The Balaban J connectivity index is 1.69. The van der Waals surface area contributed by atoms with Crippen LogP contribution in [0.15, 0.2) is 24.3 Å². The lowest BCUT2D eigenvalue weighted by Crippen LogP contribution is -2.67. The highest BCUT2D eigenvalue weighted by molar-refractivity contribution is 8.17. The lowest BCUT2D eigenvalue weighted by molar-refractivity contribution is -0.384. The fraction of sp³-hybridized carbons (Fsp3) is 0.556. The van der Waals surface area contributed by atoms with Crippen LogP contribution in [-0.4, -0.2) is 54.2 Å². The minimum absolute atomic E-state index is 0.0247. The van der Waals surface area contributed by atoms with Gasteiger partial charge in [0.25, 0.3) is 5.69 Å². The average molecular weight is 427 g/mol. The highest BCUT2D eigenvalue weighted by atomic mass is 32.2. The van der Waals surface area contributed by atoms with E-state index in [1.165, 1.54) is 40.9 Å². The Morgan fingerprint density at radius 1 is 1.39 bits per heavy atom. The van der Waals surface area contributed by atoms with E-state index in [-0.39, 0.29) is 28.2 Å². The van der Waals surface area contributed by atoms with E-state index < -0.39 is 28.5 Å². The molecule has 0 aliphatic carbocycles. The van der Waals surface area contributed by atoms with Crippen molar-refractivity contribution in [3.63, 3.8) is 0 Å². The van der Waals surface area contributed by atoms with Crippen molar-refractivity contribution in [2.45, 2.75) is 49.0 Å². The number of hydrogen-bond acceptors (Lipinski definition) is 8. The van der Waals surface area contributed by atoms with E-state index in [0.29, 0.717) is 5.56 Å². The molecule has 0 saturated carbocycles. The number of rotatable bonds is 7. The van der Waals surface area contributed by atoms with Gasteiger partial charge >= 0.3 is 5.97 Å². The summed E-state index contributed by atoms with van der Waals surface area (Å²) in [6.45, 7) is 5.17. The lowest BCUT2D eigenvalue weighted by Gasteiger charge is -2.48. The molecule has 3 rings (SSSR count). The quantitative estimate of drug-likeness (QED) is 0.306. The molecular formula is C18H22N2O6S2. The summed E-state index contributed by atoms with van der Waals surface area (Å²) in [5, 5.41) is 20.7. The second-order valence-corrected chi connectivity index (χ2v) is 10.2. The zero-order valence-electron chi connectivity index (χ0n) is 15.7. The third kappa shape index (κ3) is 3.85. The van der Waals surface area contributed by atoms with E-state index in [4.69, 9.17) is 4.74 Å². The van der Waals surface area contributed by atoms with Gasteiger partial charge in [0.1, 0.15) is 6.61 Å². The second-order valence-electron chi connectivity index (χ2n) is 7.20. The van der Waals surface area contributed by atoms with E-state index in [9.17, 15) is 24.8 Å². The molecule has 28 heavy (non-hydrogen) atoms. The van der Waals surface area contributed by atoms with E-state index in [2.05, 4.69) is 0 Å². The Morgan fingerprint density at radius 3 is 2.57 bits per heavy atom. The molecule has 0 bridgehead atoms. The number of ether oxygens (including phenoxy) is 1. The number of esters is 1. The normalized spacial score (nSPS) is 26.6. The summed E-state index contributed by atoms with van der Waals surface area (Å²) >= 11 is 3.10. The summed E-state index contributed by atoms with van der Waals surface area (Å²) in [6, 6.07) is 5.08. The van der Waals surface area contributed by atoms with Crippen molar-refractivity contribution >= 4 is 41.1 Å². The Hall–Kier alpha value is -1.78. The maximum Gasteiger partial charge on any atom is 0.331 e. The molecule has 3 unspecified atom stereocenters. The van der Waals surface area contributed by atoms with Crippen LogP contribution >= 0.6 is 23.5 Å². The van der Waals surface area contributed by atoms with Gasteiger partial charge in [-0.25, -0.2) is 4.79 Å². The van der Waals surface area contributed by atoms with Crippen LogP contribution in [0.3, 0.4) is 0 Å². The molecule has 1 amide bonds. The Kier molecular flexibility index (Phi) is 5.92. The Morgan fingerprint density at radius 2 is 2.04 bits per heavy atom. The van der Waals surface area contributed by atoms with Crippen LogP contribution in [0.4, 0.5) is 5.69 Å². The fourth-order valence-corrected chi connectivity index (χ4v) is 6.85. The van der Waals surface area contributed by atoms with E-state index >= 15 is 0 Å². The third-order valence-electron chi connectivity index (χ3n) is 4.77. The van der Waals surface area contributed by atoms with Crippen LogP contribution < -0.4 is 0 Å². The van der Waals surface area contributed by atoms with Crippen molar-refractivity contribution in [2.75, 3.05) is 5.75 Å². The molecule has 0 aromatic heterocycles. The number of thioether (sulfide) groups is 2. The number of nitro groups is 1. The van der Waals surface area contributed by atoms with Crippen LogP contribution in [0, 0.1) is 16.0 Å². The van der Waals surface area contributed by atoms with Gasteiger partial charge in [-0.2, -0.15) is 0 Å². The first kappa shape index (κ1) is 20.9. The smallest absolute Gasteiger partial charge is 0.331 e. The number of hydrogen-bond donors (Lipinski definition) is 1. The van der Waals surface area contributed by atoms with Crippen molar-refractivity contribution in [1.82, 2.24) is 4.90 Å². The van der Waals surface area contributed by atoms with Gasteiger partial charge in [0, 0.05) is 12.1 Å². The summed E-state index contributed by atoms with van der Waals surface area (Å²) in [5.74, 6) is -0.487. The zero-order chi connectivity index (χ0) is 20.6. The number of carbonyl (C=O) groups excluding carboxylic acids is 2. The van der Waals surface area contributed by atoms with Gasteiger partial charge in [-0.05, 0) is 37.3 Å². The minimum Gasteiger partial charge on any atom is -0.459 e. The van der Waals surface area contributed by atoms with Crippen molar-refractivity contribution < 1.29 is 24.4 Å². The first-order chi connectivity index (χ1) is 13.1. The maximum absolute atomic E-state index is 12.8. The molecule has 2 aliphatic heterocycles. The topological polar surface area (TPSA) is 110 Å². The first-order valence-electron chi connectivity index (χ1n) is 8.86. The number of β-lactam (4-membered cyclic amide) rings is 1. The van der Waals surface area contributed by atoms with E-state index in [1.807, 2.05) is 6.92 Å². The summed E-state index contributed by atoms with van der Waals surface area (Å²) < 4.78 is 5.26. The van der Waals surface area contributed by atoms with Gasteiger partial charge in [0.2, 0.25) is 5.91 Å². The molecule has 0 spiro atoms. The van der Waals surface area contributed by atoms with Gasteiger partial charge in [0.05, 0.1) is 26.4 Å². The predicted octanol–water partition coefficient (Wildman–Crippen LogP) is 2.39. The van der Waals surface area contributed by atoms with Gasteiger partial charge in [0.15, 0.2) is 6.04 Å².